The van der Waals surface area contributed by atoms with Crippen LogP contribution in [0.4, 0.5) is 0 Å². The van der Waals surface area contributed by atoms with Crippen molar-refractivity contribution in [2.45, 2.75) is 6.54 Å². The molecule has 2 aromatic carbocycles. The van der Waals surface area contributed by atoms with Crippen molar-refractivity contribution in [2.24, 2.45) is 0 Å². The number of aromatic hydroxyl groups is 1. The van der Waals surface area contributed by atoms with Crippen LogP contribution in [-0.4, -0.2) is 58.5 Å². The summed E-state index contributed by atoms with van der Waals surface area (Å²) in [6.45, 7) is 3.14. The van der Waals surface area contributed by atoms with E-state index in [-0.39, 0.29) is 17.3 Å². The van der Waals surface area contributed by atoms with Gasteiger partial charge in [-0.05, 0) is 35.9 Å². The minimum atomic E-state index is -0.197. The standard InChI is InChI=1S/C23H27NO6/c1-27-12-10-24(11-13-28-2)15-19-20(25)9-8-18-22(26)21(30-23(18)19)14-16-4-6-17(29-3)7-5-16/h4-9,14,25H,10-13,15H2,1-3H3/p+1/b21-14-. The maximum Gasteiger partial charge on any atom is 0.231 e. The second-order valence-electron chi connectivity index (χ2n) is 7.07. The Morgan fingerprint density at radius 1 is 1.00 bits per heavy atom. The van der Waals surface area contributed by atoms with Crippen LogP contribution in [0.1, 0.15) is 21.5 Å². The number of phenols is 1. The summed E-state index contributed by atoms with van der Waals surface area (Å²) < 4.78 is 21.5. The lowest BCUT2D eigenvalue weighted by Gasteiger charge is -2.20. The highest BCUT2D eigenvalue weighted by atomic mass is 16.5. The van der Waals surface area contributed by atoms with E-state index in [2.05, 4.69) is 0 Å². The maximum absolute atomic E-state index is 12.9. The molecule has 0 saturated heterocycles. The average Bonchev–Trinajstić information content (AvgIpc) is 3.07. The Balaban J connectivity index is 1.86. The summed E-state index contributed by atoms with van der Waals surface area (Å²) in [4.78, 5) is 14.0. The molecule has 7 nitrogen and oxygen atoms in total. The van der Waals surface area contributed by atoms with Gasteiger partial charge in [-0.3, -0.25) is 4.79 Å². The van der Waals surface area contributed by atoms with Crippen molar-refractivity contribution >= 4 is 11.9 Å². The zero-order valence-electron chi connectivity index (χ0n) is 17.6. The summed E-state index contributed by atoms with van der Waals surface area (Å²) in [5.74, 6) is 1.31. The predicted octanol–water partition coefficient (Wildman–Crippen LogP) is 1.69. The van der Waals surface area contributed by atoms with Gasteiger partial charge in [0, 0.05) is 14.2 Å². The van der Waals surface area contributed by atoms with Crippen molar-refractivity contribution < 1.29 is 33.7 Å². The molecule has 1 aliphatic rings. The Hall–Kier alpha value is -2.87. The Bertz CT molecular complexity index is 899. The number of rotatable bonds is 10. The van der Waals surface area contributed by atoms with E-state index in [9.17, 15) is 9.90 Å². The van der Waals surface area contributed by atoms with Crippen LogP contribution >= 0.6 is 0 Å². The van der Waals surface area contributed by atoms with E-state index in [0.717, 1.165) is 29.3 Å². The van der Waals surface area contributed by atoms with E-state index >= 15 is 0 Å². The lowest BCUT2D eigenvalue weighted by atomic mass is 10.0. The third-order valence-electron chi connectivity index (χ3n) is 5.08. The fourth-order valence-electron chi connectivity index (χ4n) is 3.36. The number of carbonyl (C=O) groups is 1. The van der Waals surface area contributed by atoms with Crippen molar-refractivity contribution in [3.63, 3.8) is 0 Å². The molecule has 0 saturated carbocycles. The van der Waals surface area contributed by atoms with E-state index in [1.165, 1.54) is 0 Å². The van der Waals surface area contributed by atoms with E-state index < -0.39 is 0 Å². The highest BCUT2D eigenvalue weighted by Gasteiger charge is 2.32. The molecule has 0 spiro atoms. The Morgan fingerprint density at radius 2 is 1.67 bits per heavy atom. The van der Waals surface area contributed by atoms with Crippen LogP contribution in [0.3, 0.4) is 0 Å². The number of hydrogen-bond donors (Lipinski definition) is 2. The van der Waals surface area contributed by atoms with Crippen LogP contribution in [0, 0.1) is 0 Å². The summed E-state index contributed by atoms with van der Waals surface area (Å²) in [6, 6.07) is 10.5. The SMILES string of the molecule is COCC[NH+](CCOC)Cc1c(O)ccc2c1O/C(=C\c1ccc(OC)cc1)C2=O. The lowest BCUT2D eigenvalue weighted by molar-refractivity contribution is -0.914. The number of quaternary nitrogens is 1. The van der Waals surface area contributed by atoms with E-state index in [1.54, 1.807) is 39.5 Å². The van der Waals surface area contributed by atoms with Gasteiger partial charge in [-0.2, -0.15) is 0 Å². The number of allylic oxidation sites excluding steroid dienone is 1. The number of ether oxygens (including phenoxy) is 4. The third-order valence-corrected chi connectivity index (χ3v) is 5.08. The number of Topliss-reactive ketones (excluding diaryl/α,β-unsaturated/α-hetero) is 1. The number of benzene rings is 2. The molecule has 7 heteroatoms. The summed E-state index contributed by atoms with van der Waals surface area (Å²) in [5.41, 5.74) is 1.90. The molecule has 0 atom stereocenters. The van der Waals surface area contributed by atoms with Crippen molar-refractivity contribution in [3.8, 4) is 17.2 Å². The highest BCUT2D eigenvalue weighted by molar-refractivity contribution is 6.14. The molecule has 30 heavy (non-hydrogen) atoms. The van der Waals surface area contributed by atoms with Crippen molar-refractivity contribution in [3.05, 3.63) is 58.8 Å². The van der Waals surface area contributed by atoms with Crippen molar-refractivity contribution in [2.75, 3.05) is 47.6 Å². The van der Waals surface area contributed by atoms with Gasteiger partial charge in [0.15, 0.2) is 11.5 Å². The molecule has 0 aromatic heterocycles. The van der Waals surface area contributed by atoms with Gasteiger partial charge in [0.2, 0.25) is 5.78 Å². The van der Waals surface area contributed by atoms with E-state index in [0.29, 0.717) is 36.6 Å². The Labute approximate surface area is 176 Å². The highest BCUT2D eigenvalue weighted by Crippen LogP contribution is 2.39. The minimum Gasteiger partial charge on any atom is -0.507 e. The molecule has 2 aromatic rings. The first-order valence-corrected chi connectivity index (χ1v) is 9.82. The van der Waals surface area contributed by atoms with Gasteiger partial charge in [-0.15, -0.1) is 0 Å². The topological polar surface area (TPSA) is 78.7 Å². The molecule has 160 valence electrons. The molecule has 0 unspecified atom stereocenters. The number of hydrogen-bond acceptors (Lipinski definition) is 6. The average molecular weight is 414 g/mol. The van der Waals surface area contributed by atoms with Gasteiger partial charge in [-0.25, -0.2) is 0 Å². The zero-order chi connectivity index (χ0) is 21.5. The molecule has 0 amide bonds. The van der Waals surface area contributed by atoms with Gasteiger partial charge in [-0.1, -0.05) is 12.1 Å². The van der Waals surface area contributed by atoms with Crippen LogP contribution in [0.5, 0.6) is 17.2 Å². The molecular formula is C23H28NO6+. The Kier molecular flexibility index (Phi) is 7.46. The smallest absolute Gasteiger partial charge is 0.231 e. The number of nitrogens with one attached hydrogen (secondary N) is 1. The summed E-state index contributed by atoms with van der Waals surface area (Å²) >= 11 is 0. The van der Waals surface area contributed by atoms with Gasteiger partial charge in [0.05, 0.1) is 31.5 Å². The first-order valence-electron chi connectivity index (χ1n) is 9.82. The minimum absolute atomic E-state index is 0.111. The largest absolute Gasteiger partial charge is 0.507 e. The third kappa shape index (κ3) is 4.99. The van der Waals surface area contributed by atoms with E-state index in [4.69, 9.17) is 18.9 Å². The fourth-order valence-corrected chi connectivity index (χ4v) is 3.36. The van der Waals surface area contributed by atoms with Crippen LogP contribution in [0.2, 0.25) is 0 Å². The number of methoxy groups -OCH3 is 3. The molecule has 1 heterocycles. The first kappa shape index (κ1) is 21.8. The number of fused-ring (bicyclic) bond motifs is 1. The Morgan fingerprint density at radius 3 is 2.27 bits per heavy atom. The molecular weight excluding hydrogens is 386 g/mol. The molecule has 0 radical (unpaired) electrons. The fraction of sp³-hybridized carbons (Fsp3) is 0.348. The second kappa shape index (κ2) is 10.2. The van der Waals surface area contributed by atoms with Crippen molar-refractivity contribution in [1.82, 2.24) is 0 Å². The summed E-state index contributed by atoms with van der Waals surface area (Å²) in [5, 5.41) is 10.5. The molecule has 0 bridgehead atoms. The molecule has 0 fully saturated rings. The van der Waals surface area contributed by atoms with E-state index in [1.807, 2.05) is 24.3 Å². The quantitative estimate of drug-likeness (QED) is 0.576. The summed E-state index contributed by atoms with van der Waals surface area (Å²) in [7, 11) is 4.92. The number of ketones is 1. The number of phenolic OH excluding ortho intramolecular Hbond substituents is 1. The van der Waals surface area contributed by atoms with Crippen LogP contribution in [0.25, 0.3) is 6.08 Å². The summed E-state index contributed by atoms with van der Waals surface area (Å²) in [6.07, 6.45) is 1.70. The molecule has 3 rings (SSSR count). The van der Waals surface area contributed by atoms with Crippen molar-refractivity contribution in [1.29, 1.82) is 0 Å². The van der Waals surface area contributed by atoms with Gasteiger partial charge in [0.1, 0.15) is 31.1 Å². The van der Waals surface area contributed by atoms with Gasteiger partial charge < -0.3 is 29.0 Å². The zero-order valence-corrected chi connectivity index (χ0v) is 17.6. The van der Waals surface area contributed by atoms with Crippen LogP contribution < -0.4 is 14.4 Å². The lowest BCUT2D eigenvalue weighted by Crippen LogP contribution is -3.11. The second-order valence-corrected chi connectivity index (χ2v) is 7.07. The number of carbonyl (C=O) groups excluding carboxylic acids is 1. The van der Waals surface area contributed by atoms with Gasteiger partial charge in [0.25, 0.3) is 0 Å². The van der Waals surface area contributed by atoms with Crippen LogP contribution in [0.15, 0.2) is 42.2 Å². The monoisotopic (exact) mass is 414 g/mol. The van der Waals surface area contributed by atoms with Crippen LogP contribution in [-0.2, 0) is 16.0 Å². The van der Waals surface area contributed by atoms with Gasteiger partial charge >= 0.3 is 0 Å². The molecule has 0 aliphatic carbocycles. The molecule has 2 N–H and O–H groups in total. The predicted molar refractivity (Wildman–Crippen MR) is 112 cm³/mol. The first-order chi connectivity index (χ1) is 14.6. The normalized spacial score (nSPS) is 14.3. The maximum atomic E-state index is 12.9. The molecule has 1 aliphatic heterocycles.